The van der Waals surface area contributed by atoms with Gasteiger partial charge in [0.05, 0.1) is 34.0 Å². The molecular weight excluding hydrogens is 969 g/mol. The first-order valence-corrected chi connectivity index (χ1v) is 26.1. The van der Waals surface area contributed by atoms with Crippen LogP contribution >= 0.6 is 22.7 Å². The zero-order chi connectivity index (χ0) is 49.6. The number of aryl methyl sites for hydroxylation is 2. The van der Waals surface area contributed by atoms with E-state index in [4.69, 9.17) is 15.0 Å². The van der Waals surface area contributed by atoms with Gasteiger partial charge in [0.1, 0.15) is 32.2 Å². The summed E-state index contributed by atoms with van der Waals surface area (Å²) in [6, 6.07) is 17.1. The van der Waals surface area contributed by atoms with Crippen LogP contribution in [0.2, 0.25) is 0 Å². The van der Waals surface area contributed by atoms with E-state index in [-0.39, 0.29) is 75.2 Å². The fourth-order valence-electron chi connectivity index (χ4n) is 7.31. The molecule has 26 heteroatoms. The maximum Gasteiger partial charge on any atom is 0.296 e. The molecule has 0 aliphatic heterocycles. The quantitative estimate of drug-likeness (QED) is 0.0289. The number of aromatic nitrogens is 5. The highest BCUT2D eigenvalue weighted by atomic mass is 32.2. The Labute approximate surface area is 406 Å². The molecule has 0 spiro atoms. The normalized spacial score (nSPS) is 12.2. The lowest BCUT2D eigenvalue weighted by Gasteiger charge is -2.24. The maximum absolute atomic E-state index is 12.2. The lowest BCUT2D eigenvalue weighted by molar-refractivity contribution is 0.280. The summed E-state index contributed by atoms with van der Waals surface area (Å²) < 4.78 is 69.7. The second kappa shape index (κ2) is 21.5. The second-order valence-corrected chi connectivity index (χ2v) is 20.1. The van der Waals surface area contributed by atoms with E-state index in [1.165, 1.54) is 12.1 Å². The van der Waals surface area contributed by atoms with Gasteiger partial charge in [-0.1, -0.05) is 22.7 Å². The molecule has 4 aromatic carbocycles. The van der Waals surface area contributed by atoms with Crippen LogP contribution in [0.3, 0.4) is 0 Å². The molecule has 69 heavy (non-hydrogen) atoms. The minimum absolute atomic E-state index is 0.0345. The van der Waals surface area contributed by atoms with Crippen molar-refractivity contribution in [2.24, 2.45) is 20.5 Å². The molecule has 364 valence electrons. The number of hydrogen-bond acceptors (Lipinski definition) is 22. The van der Waals surface area contributed by atoms with Gasteiger partial charge in [0.2, 0.25) is 28.1 Å². The van der Waals surface area contributed by atoms with Gasteiger partial charge < -0.3 is 35.5 Å². The Hall–Kier alpha value is -6.39. The maximum atomic E-state index is 12.2. The molecule has 0 amide bonds. The Morgan fingerprint density at radius 3 is 1.32 bits per heavy atom. The van der Waals surface area contributed by atoms with Gasteiger partial charge in [0, 0.05) is 50.6 Å². The molecule has 0 radical (unpaired) electrons. The predicted molar refractivity (Wildman–Crippen MR) is 269 cm³/mol. The molecule has 3 heterocycles. The van der Waals surface area contributed by atoms with Crippen LogP contribution in [-0.2, 0) is 20.2 Å². The predicted octanol–water partition coefficient (Wildman–Crippen LogP) is 9.00. The van der Waals surface area contributed by atoms with Crippen molar-refractivity contribution in [3.05, 3.63) is 71.8 Å². The number of benzene rings is 4. The largest absolute Gasteiger partial charge is 0.395 e. The van der Waals surface area contributed by atoms with E-state index in [1.54, 1.807) is 43.0 Å². The van der Waals surface area contributed by atoms with Crippen molar-refractivity contribution in [2.45, 2.75) is 51.3 Å². The summed E-state index contributed by atoms with van der Waals surface area (Å²) in [6.07, 6.45) is 0. The average molecular weight is 1020 g/mol. The molecule has 0 saturated carbocycles. The Balaban J connectivity index is 1.32. The third-order valence-electron chi connectivity index (χ3n) is 10.6. The van der Waals surface area contributed by atoms with Gasteiger partial charge in [-0.3, -0.25) is 9.11 Å². The number of anilines is 7. The number of azo groups is 2. The standard InChI is InChI=1S/C43H50N14O8S4/c1-7-55(8-2)27-11-13-29(51-53-42-46-37-33(66-42)19-25(5)21-35(37)68(60,61)62)31(23-27)44-39-48-40(50-41(49-39)57(15-17-58)16-18-59)45-32-24-28(56(9-3)10-4)12-14-30(32)52-54-43-47-38-34(67-43)20-26(6)22-36(38)69(63,64)65/h11-14,19-24,58-59H,7-10,15-18H2,1-6H3,(H,60,61,62)(H,63,64,65)(H2,44,45,48,49,50)/b53-51+,54-52+. The van der Waals surface area contributed by atoms with Crippen LogP contribution in [0.25, 0.3) is 20.4 Å². The van der Waals surface area contributed by atoms with Gasteiger partial charge in [-0.15, -0.1) is 20.5 Å². The number of nitrogens with zero attached hydrogens (tertiary/aromatic N) is 12. The van der Waals surface area contributed by atoms with Gasteiger partial charge in [0.15, 0.2) is 0 Å². The van der Waals surface area contributed by atoms with E-state index >= 15 is 0 Å². The molecule has 0 aliphatic carbocycles. The van der Waals surface area contributed by atoms with Crippen LogP contribution < -0.4 is 25.3 Å². The van der Waals surface area contributed by atoms with Gasteiger partial charge in [-0.25, -0.2) is 9.97 Å². The van der Waals surface area contributed by atoms with Crippen molar-refractivity contribution in [1.29, 1.82) is 0 Å². The summed E-state index contributed by atoms with van der Waals surface area (Å²) >= 11 is 2.20. The van der Waals surface area contributed by atoms with Crippen LogP contribution in [0.4, 0.5) is 62.2 Å². The van der Waals surface area contributed by atoms with Crippen molar-refractivity contribution in [3.8, 4) is 0 Å². The Bertz CT molecular complexity index is 3070. The lowest BCUT2D eigenvalue weighted by atomic mass is 10.2. The number of thiazole rings is 2. The highest BCUT2D eigenvalue weighted by Gasteiger charge is 2.22. The van der Waals surface area contributed by atoms with Crippen LogP contribution in [0.15, 0.2) is 90.9 Å². The third-order valence-corrected chi connectivity index (χ3v) is 14.1. The van der Waals surface area contributed by atoms with E-state index in [9.17, 15) is 36.2 Å². The fraction of sp³-hybridized carbons (Fsp3) is 0.326. The summed E-state index contributed by atoms with van der Waals surface area (Å²) in [7, 11) is -9.16. The molecular formula is C43H50N14O8S4. The first-order chi connectivity index (χ1) is 32.9. The summed E-state index contributed by atoms with van der Waals surface area (Å²) in [4.78, 5) is 28.1. The fourth-order valence-corrected chi connectivity index (χ4v) is 10.7. The van der Waals surface area contributed by atoms with E-state index in [1.807, 2.05) is 52.0 Å². The Kier molecular flexibility index (Phi) is 15.7. The van der Waals surface area contributed by atoms with Crippen LogP contribution in [0.1, 0.15) is 38.8 Å². The number of fused-ring (bicyclic) bond motifs is 2. The zero-order valence-electron chi connectivity index (χ0n) is 38.4. The molecule has 7 aromatic rings. The molecule has 7 rings (SSSR count). The smallest absolute Gasteiger partial charge is 0.296 e. The first-order valence-electron chi connectivity index (χ1n) is 21.6. The van der Waals surface area contributed by atoms with Crippen molar-refractivity contribution in [1.82, 2.24) is 24.9 Å². The van der Waals surface area contributed by atoms with E-state index < -0.39 is 20.2 Å². The minimum atomic E-state index is -4.58. The molecule has 0 atom stereocenters. The van der Waals surface area contributed by atoms with Gasteiger partial charge in [0.25, 0.3) is 20.2 Å². The number of aliphatic hydroxyl groups excluding tert-OH is 2. The van der Waals surface area contributed by atoms with Gasteiger partial charge >= 0.3 is 0 Å². The SMILES string of the molecule is CCN(CC)c1ccc(/N=N/c2nc3c(S(=O)(=O)O)cc(C)cc3s2)c(Nc2nc(Nc3cc(N(CC)CC)ccc3/N=N/c3nc4c(S(=O)(=O)O)cc(C)cc4s3)nc(N(CCO)CCO)n2)c1. The summed E-state index contributed by atoms with van der Waals surface area (Å²) in [5.41, 5.74) is 4.53. The molecule has 0 aliphatic rings. The molecule has 0 saturated heterocycles. The molecule has 0 bridgehead atoms. The lowest BCUT2D eigenvalue weighted by Crippen LogP contribution is -2.31. The summed E-state index contributed by atoms with van der Waals surface area (Å²) in [5, 5.41) is 44.7. The highest BCUT2D eigenvalue weighted by Crippen LogP contribution is 2.39. The summed E-state index contributed by atoms with van der Waals surface area (Å²) in [5.74, 6) is 0.169. The van der Waals surface area contributed by atoms with Crippen molar-refractivity contribution < 1.29 is 36.2 Å². The van der Waals surface area contributed by atoms with Gasteiger partial charge in [-0.2, -0.15) is 31.8 Å². The van der Waals surface area contributed by atoms with Crippen molar-refractivity contribution >= 4 is 126 Å². The number of hydrogen-bond donors (Lipinski definition) is 6. The topological polar surface area (TPSA) is 297 Å². The van der Waals surface area contributed by atoms with Crippen LogP contribution in [0, 0.1) is 13.8 Å². The van der Waals surface area contributed by atoms with Crippen molar-refractivity contribution in [2.75, 3.05) is 77.8 Å². The van der Waals surface area contributed by atoms with Crippen molar-refractivity contribution in [3.63, 3.8) is 0 Å². The van der Waals surface area contributed by atoms with E-state index in [0.29, 0.717) is 69.5 Å². The van der Waals surface area contributed by atoms with Crippen LogP contribution in [-0.4, -0.2) is 114 Å². The average Bonchev–Trinajstić information content (AvgIpc) is 3.91. The molecule has 0 fully saturated rings. The second-order valence-electron chi connectivity index (χ2n) is 15.3. The molecule has 3 aromatic heterocycles. The summed E-state index contributed by atoms with van der Waals surface area (Å²) in [6.45, 7) is 13.8. The Morgan fingerprint density at radius 2 is 0.957 bits per heavy atom. The molecule has 0 unspecified atom stereocenters. The monoisotopic (exact) mass is 1020 g/mol. The van der Waals surface area contributed by atoms with Crippen LogP contribution in [0.5, 0.6) is 0 Å². The number of nitrogens with one attached hydrogen (secondary N) is 2. The first kappa shape index (κ1) is 50.5. The zero-order valence-corrected chi connectivity index (χ0v) is 41.6. The molecule has 6 N–H and O–H groups in total. The molecule has 22 nitrogen and oxygen atoms in total. The third kappa shape index (κ3) is 11.9. The Morgan fingerprint density at radius 1 is 0.551 bits per heavy atom. The number of rotatable bonds is 21. The van der Waals surface area contributed by atoms with E-state index in [2.05, 4.69) is 50.9 Å². The van der Waals surface area contributed by atoms with Gasteiger partial charge in [-0.05, 0) is 113 Å². The highest BCUT2D eigenvalue weighted by molar-refractivity contribution is 7.86. The minimum Gasteiger partial charge on any atom is -0.395 e. The number of aliphatic hydroxyl groups is 2. The van der Waals surface area contributed by atoms with E-state index in [0.717, 1.165) is 34.0 Å².